The molecule has 1 aromatic rings. The molecule has 0 radical (unpaired) electrons. The van der Waals surface area contributed by atoms with E-state index in [4.69, 9.17) is 4.74 Å². The number of nitrogens with one attached hydrogen (secondary N) is 1. The monoisotopic (exact) mass is 317 g/mol. The van der Waals surface area contributed by atoms with Gasteiger partial charge in [-0.15, -0.1) is 0 Å². The summed E-state index contributed by atoms with van der Waals surface area (Å²) in [5, 5.41) is 3.29. The van der Waals surface area contributed by atoms with E-state index in [1.54, 1.807) is 11.7 Å². The molecule has 0 fully saturated rings. The van der Waals surface area contributed by atoms with Crippen molar-refractivity contribution in [2.75, 3.05) is 20.3 Å². The van der Waals surface area contributed by atoms with Crippen molar-refractivity contribution in [3.8, 4) is 0 Å². The molecule has 0 saturated carbocycles. The number of rotatable bonds is 6. The van der Waals surface area contributed by atoms with Crippen LogP contribution in [0.1, 0.15) is 18.3 Å². The van der Waals surface area contributed by atoms with Crippen LogP contribution in [0.15, 0.2) is 9.27 Å². The molecule has 1 atom stereocenters. The molecule has 1 unspecified atom stereocenters. The molecule has 0 amide bonds. The Hall–Kier alpha value is -0.720. The van der Waals surface area contributed by atoms with Gasteiger partial charge in [-0.3, -0.25) is 4.57 Å². The van der Waals surface area contributed by atoms with E-state index in [2.05, 4.69) is 26.2 Å². The first-order valence-electron chi connectivity index (χ1n) is 5.93. The molecular formula is C12H20BrN3O2. The van der Waals surface area contributed by atoms with E-state index < -0.39 is 0 Å². The van der Waals surface area contributed by atoms with Gasteiger partial charge in [-0.05, 0) is 36.7 Å². The van der Waals surface area contributed by atoms with Gasteiger partial charge < -0.3 is 10.1 Å². The zero-order valence-corrected chi connectivity index (χ0v) is 12.9. The Labute approximate surface area is 116 Å². The van der Waals surface area contributed by atoms with Crippen molar-refractivity contribution in [3.63, 3.8) is 0 Å². The van der Waals surface area contributed by atoms with Crippen molar-refractivity contribution in [1.82, 2.24) is 14.9 Å². The third-order valence-electron chi connectivity index (χ3n) is 2.78. The lowest BCUT2D eigenvalue weighted by Crippen LogP contribution is -2.36. The van der Waals surface area contributed by atoms with E-state index in [0.717, 1.165) is 15.9 Å². The molecule has 0 saturated heterocycles. The average Bonchev–Trinajstić information content (AvgIpc) is 2.31. The maximum atomic E-state index is 11.8. The molecule has 1 heterocycles. The molecule has 0 bridgehead atoms. The fraction of sp³-hybridized carbons (Fsp3) is 0.667. The lowest BCUT2D eigenvalue weighted by atomic mass is 10.3. The summed E-state index contributed by atoms with van der Waals surface area (Å²) >= 11 is 3.45. The molecule has 1 aromatic heterocycles. The van der Waals surface area contributed by atoms with Crippen LogP contribution in [0.2, 0.25) is 0 Å². The van der Waals surface area contributed by atoms with Gasteiger partial charge in [-0.1, -0.05) is 0 Å². The van der Waals surface area contributed by atoms with E-state index in [1.165, 1.54) is 0 Å². The SMILES string of the molecule is COCC(C)NCCn1c(C)c(Br)c(C)nc1=O. The van der Waals surface area contributed by atoms with Gasteiger partial charge >= 0.3 is 5.69 Å². The van der Waals surface area contributed by atoms with Crippen LogP contribution in [-0.4, -0.2) is 35.9 Å². The van der Waals surface area contributed by atoms with E-state index in [0.29, 0.717) is 19.7 Å². The maximum Gasteiger partial charge on any atom is 0.348 e. The summed E-state index contributed by atoms with van der Waals surface area (Å²) in [5.74, 6) is 0. The number of hydrogen-bond donors (Lipinski definition) is 1. The minimum Gasteiger partial charge on any atom is -0.383 e. The topological polar surface area (TPSA) is 56.1 Å². The lowest BCUT2D eigenvalue weighted by Gasteiger charge is -2.15. The van der Waals surface area contributed by atoms with Crippen LogP contribution in [0.5, 0.6) is 0 Å². The summed E-state index contributed by atoms with van der Waals surface area (Å²) < 4.78 is 7.60. The van der Waals surface area contributed by atoms with E-state index in [1.807, 2.05) is 20.8 Å². The van der Waals surface area contributed by atoms with Crippen LogP contribution >= 0.6 is 15.9 Å². The lowest BCUT2D eigenvalue weighted by molar-refractivity contribution is 0.172. The van der Waals surface area contributed by atoms with Crippen molar-refractivity contribution in [3.05, 3.63) is 26.3 Å². The molecule has 6 heteroatoms. The number of nitrogens with zero attached hydrogens (tertiary/aromatic N) is 2. The third-order valence-corrected chi connectivity index (χ3v) is 3.93. The summed E-state index contributed by atoms with van der Waals surface area (Å²) in [5.41, 5.74) is 1.44. The molecule has 0 aromatic carbocycles. The molecule has 1 rings (SSSR count). The molecule has 5 nitrogen and oxygen atoms in total. The van der Waals surface area contributed by atoms with E-state index in [9.17, 15) is 4.79 Å². The van der Waals surface area contributed by atoms with Gasteiger partial charge in [0, 0.05) is 31.9 Å². The number of aromatic nitrogens is 2. The van der Waals surface area contributed by atoms with Gasteiger partial charge in [0.05, 0.1) is 16.8 Å². The number of hydrogen-bond acceptors (Lipinski definition) is 4. The zero-order valence-electron chi connectivity index (χ0n) is 11.3. The summed E-state index contributed by atoms with van der Waals surface area (Å²) in [7, 11) is 1.67. The first kappa shape index (κ1) is 15.3. The minimum absolute atomic E-state index is 0.200. The second-order valence-corrected chi connectivity index (χ2v) is 5.13. The molecule has 1 N–H and O–H groups in total. The maximum absolute atomic E-state index is 11.8. The van der Waals surface area contributed by atoms with E-state index in [-0.39, 0.29) is 11.7 Å². The summed E-state index contributed by atoms with van der Waals surface area (Å²) in [6, 6.07) is 0.271. The quantitative estimate of drug-likeness (QED) is 0.858. The average molecular weight is 318 g/mol. The molecule has 102 valence electrons. The van der Waals surface area contributed by atoms with Gasteiger partial charge in [0.1, 0.15) is 0 Å². The molecular weight excluding hydrogens is 298 g/mol. The Bertz CT molecular complexity index is 459. The van der Waals surface area contributed by atoms with Crippen molar-refractivity contribution >= 4 is 15.9 Å². The summed E-state index contributed by atoms with van der Waals surface area (Å²) in [6.07, 6.45) is 0. The van der Waals surface area contributed by atoms with Gasteiger partial charge in [0.2, 0.25) is 0 Å². The highest BCUT2D eigenvalue weighted by Gasteiger charge is 2.09. The molecule has 0 aliphatic rings. The van der Waals surface area contributed by atoms with Crippen LogP contribution in [-0.2, 0) is 11.3 Å². The highest BCUT2D eigenvalue weighted by Crippen LogP contribution is 2.16. The first-order chi connectivity index (χ1) is 8.47. The van der Waals surface area contributed by atoms with E-state index >= 15 is 0 Å². The Morgan fingerprint density at radius 1 is 1.50 bits per heavy atom. The fourth-order valence-electron chi connectivity index (χ4n) is 1.77. The summed E-state index contributed by atoms with van der Waals surface area (Å²) in [6.45, 7) is 7.75. The normalized spacial score (nSPS) is 12.7. The van der Waals surface area contributed by atoms with Gasteiger partial charge in [0.25, 0.3) is 0 Å². The first-order valence-corrected chi connectivity index (χ1v) is 6.72. The largest absolute Gasteiger partial charge is 0.383 e. The van der Waals surface area contributed by atoms with Gasteiger partial charge in [0.15, 0.2) is 0 Å². The van der Waals surface area contributed by atoms with Gasteiger partial charge in [-0.25, -0.2) is 4.79 Å². The van der Waals surface area contributed by atoms with Crippen molar-refractivity contribution in [1.29, 1.82) is 0 Å². The Morgan fingerprint density at radius 3 is 2.78 bits per heavy atom. The summed E-state index contributed by atoms with van der Waals surface area (Å²) in [4.78, 5) is 15.8. The van der Waals surface area contributed by atoms with Gasteiger partial charge in [-0.2, -0.15) is 4.98 Å². The Morgan fingerprint density at radius 2 is 2.17 bits per heavy atom. The second kappa shape index (κ2) is 7.01. The number of halogens is 1. The minimum atomic E-state index is -0.200. The Balaban J connectivity index is 2.69. The van der Waals surface area contributed by atoms with Crippen LogP contribution in [0.25, 0.3) is 0 Å². The highest BCUT2D eigenvalue weighted by molar-refractivity contribution is 9.10. The van der Waals surface area contributed by atoms with Crippen molar-refractivity contribution < 1.29 is 4.74 Å². The third kappa shape index (κ3) is 3.90. The predicted molar refractivity (Wildman–Crippen MR) is 75.0 cm³/mol. The molecule has 0 aliphatic carbocycles. The predicted octanol–water partition coefficient (Wildman–Crippen LogP) is 1.25. The van der Waals surface area contributed by atoms with Crippen molar-refractivity contribution in [2.24, 2.45) is 0 Å². The van der Waals surface area contributed by atoms with Crippen LogP contribution < -0.4 is 11.0 Å². The highest BCUT2D eigenvalue weighted by atomic mass is 79.9. The number of aryl methyl sites for hydroxylation is 1. The second-order valence-electron chi connectivity index (χ2n) is 4.34. The van der Waals surface area contributed by atoms with Crippen LogP contribution in [0.4, 0.5) is 0 Å². The standard InChI is InChI=1S/C12H20BrN3O2/c1-8(7-18-4)14-5-6-16-10(3)11(13)9(2)15-12(16)17/h8,14H,5-7H2,1-4H3. The Kier molecular flexibility index (Phi) is 5.98. The smallest absolute Gasteiger partial charge is 0.348 e. The number of ether oxygens (including phenoxy) is 1. The molecule has 0 spiro atoms. The molecule has 0 aliphatic heterocycles. The van der Waals surface area contributed by atoms with Crippen LogP contribution in [0.3, 0.4) is 0 Å². The van der Waals surface area contributed by atoms with Crippen LogP contribution in [0, 0.1) is 13.8 Å². The number of methoxy groups -OCH3 is 1. The molecule has 18 heavy (non-hydrogen) atoms. The van der Waals surface area contributed by atoms with Crippen molar-refractivity contribution in [2.45, 2.75) is 33.4 Å². The fourth-order valence-corrected chi connectivity index (χ4v) is 2.07. The zero-order chi connectivity index (χ0) is 13.7.